The van der Waals surface area contributed by atoms with Gasteiger partial charge in [0.15, 0.2) is 5.69 Å². The normalized spacial score (nSPS) is 13.8. The number of aryl methyl sites for hydroxylation is 1. The van der Waals surface area contributed by atoms with Gasteiger partial charge in [0.25, 0.3) is 5.91 Å². The van der Waals surface area contributed by atoms with Gasteiger partial charge in [-0.05, 0) is 57.4 Å². The van der Waals surface area contributed by atoms with Gasteiger partial charge in [-0.1, -0.05) is 36.4 Å². The molecule has 0 unspecified atom stereocenters. The topological polar surface area (TPSA) is 46.3 Å². The quantitative estimate of drug-likeness (QED) is 0.596. The number of anilines is 1. The predicted molar refractivity (Wildman–Crippen MR) is 107 cm³/mol. The van der Waals surface area contributed by atoms with Crippen molar-refractivity contribution < 1.29 is 9.21 Å². The first kappa shape index (κ1) is 17.5. The lowest BCUT2D eigenvalue weighted by Gasteiger charge is -2.27. The first-order valence-electron chi connectivity index (χ1n) is 9.51. The molecular formula is C23H24N2O2. The highest BCUT2D eigenvalue weighted by molar-refractivity contribution is 6.06. The standard InChI is InChI=1S/C23H24N2O2/c1-15(2)25(19-12-8-7-9-16(19)3)23(26)20-21(17-13-14-17)27-22(24-20)18-10-5-4-6-11-18/h4-12,15,17H,13-14H2,1-3H3. The molecule has 0 N–H and O–H groups in total. The third-order valence-corrected chi connectivity index (χ3v) is 4.94. The Labute approximate surface area is 159 Å². The Kier molecular flexibility index (Phi) is 4.56. The van der Waals surface area contributed by atoms with Crippen molar-refractivity contribution in [1.82, 2.24) is 4.98 Å². The molecule has 0 saturated heterocycles. The molecule has 2 aromatic carbocycles. The van der Waals surface area contributed by atoms with Gasteiger partial charge in [-0.15, -0.1) is 0 Å². The van der Waals surface area contributed by atoms with Crippen molar-refractivity contribution in [3.05, 3.63) is 71.6 Å². The summed E-state index contributed by atoms with van der Waals surface area (Å²) in [5, 5.41) is 0. The molecular weight excluding hydrogens is 336 g/mol. The average molecular weight is 360 g/mol. The van der Waals surface area contributed by atoms with E-state index in [1.807, 2.05) is 80.3 Å². The molecule has 0 bridgehead atoms. The smallest absolute Gasteiger partial charge is 0.280 e. The van der Waals surface area contributed by atoms with Crippen LogP contribution < -0.4 is 4.90 Å². The Hall–Kier alpha value is -2.88. The molecule has 1 aromatic heterocycles. The second-order valence-corrected chi connectivity index (χ2v) is 7.43. The summed E-state index contributed by atoms with van der Waals surface area (Å²) < 4.78 is 6.08. The van der Waals surface area contributed by atoms with Crippen molar-refractivity contribution in [2.24, 2.45) is 0 Å². The Morgan fingerprint density at radius 3 is 2.37 bits per heavy atom. The molecule has 4 rings (SSSR count). The zero-order chi connectivity index (χ0) is 19.0. The van der Waals surface area contributed by atoms with Gasteiger partial charge in [-0.25, -0.2) is 4.98 Å². The molecule has 1 aliphatic rings. The summed E-state index contributed by atoms with van der Waals surface area (Å²) in [7, 11) is 0. The number of para-hydroxylation sites is 1. The van der Waals surface area contributed by atoms with Gasteiger partial charge in [-0.3, -0.25) is 4.79 Å². The Morgan fingerprint density at radius 1 is 1.07 bits per heavy atom. The first-order valence-corrected chi connectivity index (χ1v) is 9.51. The number of benzene rings is 2. The van der Waals surface area contributed by atoms with Crippen molar-refractivity contribution in [3.8, 4) is 11.5 Å². The molecule has 0 atom stereocenters. The van der Waals surface area contributed by atoms with Crippen LogP contribution in [0.4, 0.5) is 5.69 Å². The third kappa shape index (κ3) is 3.39. The summed E-state index contributed by atoms with van der Waals surface area (Å²) in [6.45, 7) is 6.08. The molecule has 27 heavy (non-hydrogen) atoms. The number of carbonyl (C=O) groups is 1. The van der Waals surface area contributed by atoms with E-state index in [1.165, 1.54) is 0 Å². The fraction of sp³-hybridized carbons (Fsp3) is 0.304. The van der Waals surface area contributed by atoms with E-state index in [9.17, 15) is 4.79 Å². The number of hydrogen-bond acceptors (Lipinski definition) is 3. The molecule has 1 aliphatic carbocycles. The van der Waals surface area contributed by atoms with Gasteiger partial charge < -0.3 is 9.32 Å². The third-order valence-electron chi connectivity index (χ3n) is 4.94. The van der Waals surface area contributed by atoms with Gasteiger partial charge in [0.05, 0.1) is 0 Å². The molecule has 1 amide bonds. The van der Waals surface area contributed by atoms with Crippen molar-refractivity contribution >= 4 is 11.6 Å². The number of hydrogen-bond donors (Lipinski definition) is 0. The van der Waals surface area contributed by atoms with Crippen molar-refractivity contribution in [2.45, 2.75) is 45.6 Å². The molecule has 0 aliphatic heterocycles. The van der Waals surface area contributed by atoms with Crippen LogP contribution in [-0.2, 0) is 0 Å². The summed E-state index contributed by atoms with van der Waals surface area (Å²) in [6.07, 6.45) is 2.10. The second-order valence-electron chi connectivity index (χ2n) is 7.43. The van der Waals surface area contributed by atoms with E-state index in [0.717, 1.165) is 35.4 Å². The van der Waals surface area contributed by atoms with E-state index in [2.05, 4.69) is 4.98 Å². The number of amides is 1. The van der Waals surface area contributed by atoms with Crippen LogP contribution in [0.3, 0.4) is 0 Å². The molecule has 0 spiro atoms. The summed E-state index contributed by atoms with van der Waals surface area (Å²) in [6, 6.07) is 17.8. The number of aromatic nitrogens is 1. The fourth-order valence-corrected chi connectivity index (χ4v) is 3.38. The zero-order valence-electron chi connectivity index (χ0n) is 16.0. The number of oxazole rings is 1. The Bertz CT molecular complexity index is 956. The Morgan fingerprint density at radius 2 is 1.74 bits per heavy atom. The summed E-state index contributed by atoms with van der Waals surface area (Å²) in [5.74, 6) is 1.47. The highest BCUT2D eigenvalue weighted by Gasteiger charge is 2.36. The van der Waals surface area contributed by atoms with Crippen molar-refractivity contribution in [1.29, 1.82) is 0 Å². The molecule has 3 aromatic rings. The molecule has 0 radical (unpaired) electrons. The van der Waals surface area contributed by atoms with Crippen LogP contribution in [0.15, 0.2) is 59.0 Å². The molecule has 1 saturated carbocycles. The van der Waals surface area contributed by atoms with Crippen LogP contribution in [0.1, 0.15) is 54.4 Å². The minimum Gasteiger partial charge on any atom is -0.440 e. The van der Waals surface area contributed by atoms with Crippen LogP contribution >= 0.6 is 0 Å². The number of nitrogens with zero attached hydrogens (tertiary/aromatic N) is 2. The van der Waals surface area contributed by atoms with E-state index in [1.54, 1.807) is 0 Å². The van der Waals surface area contributed by atoms with Crippen molar-refractivity contribution in [3.63, 3.8) is 0 Å². The zero-order valence-corrected chi connectivity index (χ0v) is 16.0. The van der Waals surface area contributed by atoms with Crippen molar-refractivity contribution in [2.75, 3.05) is 4.90 Å². The molecule has 1 fully saturated rings. The molecule has 4 heteroatoms. The highest BCUT2D eigenvalue weighted by Crippen LogP contribution is 2.43. The molecule has 1 heterocycles. The lowest BCUT2D eigenvalue weighted by atomic mass is 10.1. The van der Waals surface area contributed by atoms with E-state index < -0.39 is 0 Å². The van der Waals surface area contributed by atoms with Gasteiger partial charge in [0, 0.05) is 23.2 Å². The Balaban J connectivity index is 1.78. The molecule has 4 nitrogen and oxygen atoms in total. The predicted octanol–water partition coefficient (Wildman–Crippen LogP) is 5.58. The van der Waals surface area contributed by atoms with Gasteiger partial charge in [0.1, 0.15) is 5.76 Å². The van der Waals surface area contributed by atoms with Crippen LogP contribution in [0, 0.1) is 6.92 Å². The summed E-state index contributed by atoms with van der Waals surface area (Å²) in [5.41, 5.74) is 3.33. The largest absolute Gasteiger partial charge is 0.440 e. The SMILES string of the molecule is Cc1ccccc1N(C(=O)c1nc(-c2ccccc2)oc1C1CC1)C(C)C. The minimum atomic E-state index is -0.0906. The van der Waals surface area contributed by atoms with E-state index >= 15 is 0 Å². The first-order chi connectivity index (χ1) is 13.1. The van der Waals surface area contributed by atoms with Gasteiger partial charge in [0.2, 0.25) is 5.89 Å². The monoisotopic (exact) mass is 360 g/mol. The minimum absolute atomic E-state index is 0.0162. The second kappa shape index (κ2) is 7.03. The maximum Gasteiger partial charge on any atom is 0.280 e. The maximum atomic E-state index is 13.5. The van der Waals surface area contributed by atoms with Gasteiger partial charge in [-0.2, -0.15) is 0 Å². The van der Waals surface area contributed by atoms with E-state index in [-0.39, 0.29) is 11.9 Å². The van der Waals surface area contributed by atoms with Gasteiger partial charge >= 0.3 is 0 Å². The van der Waals surface area contributed by atoms with E-state index in [0.29, 0.717) is 17.5 Å². The number of carbonyl (C=O) groups excluding carboxylic acids is 1. The highest BCUT2D eigenvalue weighted by atomic mass is 16.4. The lowest BCUT2D eigenvalue weighted by molar-refractivity contribution is 0.0974. The average Bonchev–Trinajstić information content (AvgIpc) is 3.42. The van der Waals surface area contributed by atoms with Crippen LogP contribution in [-0.4, -0.2) is 16.9 Å². The summed E-state index contributed by atoms with van der Waals surface area (Å²) in [4.78, 5) is 20.0. The lowest BCUT2D eigenvalue weighted by Crippen LogP contribution is -2.38. The summed E-state index contributed by atoms with van der Waals surface area (Å²) >= 11 is 0. The molecule has 138 valence electrons. The number of rotatable bonds is 5. The van der Waals surface area contributed by atoms with Crippen LogP contribution in [0.25, 0.3) is 11.5 Å². The van der Waals surface area contributed by atoms with Crippen LogP contribution in [0.2, 0.25) is 0 Å². The van der Waals surface area contributed by atoms with Crippen LogP contribution in [0.5, 0.6) is 0 Å². The van der Waals surface area contributed by atoms with E-state index in [4.69, 9.17) is 4.42 Å². The fourth-order valence-electron chi connectivity index (χ4n) is 3.38. The maximum absolute atomic E-state index is 13.5.